The van der Waals surface area contributed by atoms with Crippen LogP contribution >= 0.6 is 23.5 Å². The molecule has 0 aliphatic rings. The van der Waals surface area contributed by atoms with Crippen molar-refractivity contribution >= 4 is 23.5 Å². The third-order valence-electron chi connectivity index (χ3n) is 5.02. The minimum Gasteiger partial charge on any atom is -0.126 e. The van der Waals surface area contributed by atoms with E-state index in [4.69, 9.17) is 0 Å². The molecule has 0 spiro atoms. The Morgan fingerprint density at radius 3 is 1.09 bits per heavy atom. The van der Waals surface area contributed by atoms with E-state index in [0.29, 0.717) is 0 Å². The van der Waals surface area contributed by atoms with Crippen LogP contribution in [-0.4, -0.2) is 11.5 Å². The molecule has 0 saturated heterocycles. The van der Waals surface area contributed by atoms with Crippen molar-refractivity contribution in [3.8, 4) is 0 Å². The Kier molecular flexibility index (Phi) is 29.3. The molecule has 0 aliphatic carbocycles. The predicted octanol–water partition coefficient (Wildman–Crippen LogP) is 10.3. The molecule has 188 valence electrons. The Balaban J connectivity index is 0. The maximum Gasteiger partial charge on any atom is 0.00719 e. The fraction of sp³-hybridized carbons (Fsp3) is 0.571. The second-order valence-corrected chi connectivity index (χ2v) is 10.2. The van der Waals surface area contributed by atoms with Crippen molar-refractivity contribution in [3.63, 3.8) is 0 Å². The van der Waals surface area contributed by atoms with E-state index in [1.165, 1.54) is 98.3 Å². The van der Waals surface area contributed by atoms with Gasteiger partial charge in [-0.05, 0) is 48.6 Å². The van der Waals surface area contributed by atoms with Crippen molar-refractivity contribution in [2.75, 3.05) is 11.5 Å². The first-order valence-electron chi connectivity index (χ1n) is 12.2. The summed E-state index contributed by atoms with van der Waals surface area (Å²) in [7, 11) is 0. The second kappa shape index (κ2) is 27.4. The summed E-state index contributed by atoms with van der Waals surface area (Å²) < 4.78 is 0. The van der Waals surface area contributed by atoms with Gasteiger partial charge in [-0.25, -0.2) is 0 Å². The summed E-state index contributed by atoms with van der Waals surface area (Å²) in [6.07, 6.45) is 16.7. The zero-order chi connectivity index (χ0) is 21.5. The smallest absolute Gasteiger partial charge is 0.00719 e. The maximum absolute atomic E-state index is 2.27. The molecule has 0 radical (unpaired) electrons. The Morgan fingerprint density at radius 2 is 0.750 bits per heavy atom. The first-order chi connectivity index (χ1) is 14.9. The van der Waals surface area contributed by atoms with E-state index in [1.54, 1.807) is 0 Å². The number of hydrogen-bond donors (Lipinski definition) is 0. The standard InChI is InChI=1S/2C14H22S.2Ni/c2*1-2-3-4-5-6-10-13-15-14-11-8-7-9-12-14;;/h2*7-9,11-12H,2-6,10,13H2,1H3;;. The monoisotopic (exact) mass is 560 g/mol. The second-order valence-electron chi connectivity index (χ2n) is 7.86. The summed E-state index contributed by atoms with van der Waals surface area (Å²) in [6, 6.07) is 21.4. The minimum absolute atomic E-state index is 0. The van der Waals surface area contributed by atoms with Crippen LogP contribution in [0, 0.1) is 0 Å². The zero-order valence-electron chi connectivity index (χ0n) is 20.1. The van der Waals surface area contributed by atoms with Crippen molar-refractivity contribution in [3.05, 3.63) is 60.7 Å². The van der Waals surface area contributed by atoms with E-state index in [-0.39, 0.29) is 33.0 Å². The molecule has 2 aromatic carbocycles. The molecule has 0 bridgehead atoms. The number of unbranched alkanes of at least 4 members (excludes halogenated alkanes) is 10. The molecule has 2 aromatic rings. The van der Waals surface area contributed by atoms with Crippen LogP contribution in [-0.2, 0) is 33.0 Å². The molecule has 0 aromatic heterocycles. The van der Waals surface area contributed by atoms with Gasteiger partial charge < -0.3 is 0 Å². The molecular formula is C28H44Ni2S2. The summed E-state index contributed by atoms with van der Waals surface area (Å²) in [6.45, 7) is 4.54. The minimum atomic E-state index is 0. The molecule has 32 heavy (non-hydrogen) atoms. The van der Waals surface area contributed by atoms with Crippen LogP contribution < -0.4 is 0 Å². The number of thioether (sulfide) groups is 2. The van der Waals surface area contributed by atoms with Gasteiger partial charge in [0.2, 0.25) is 0 Å². The molecule has 0 unspecified atom stereocenters. The third-order valence-corrected chi connectivity index (χ3v) is 7.22. The summed E-state index contributed by atoms with van der Waals surface area (Å²) in [5.74, 6) is 2.55. The average molecular weight is 562 g/mol. The molecule has 4 heteroatoms. The van der Waals surface area contributed by atoms with Gasteiger partial charge in [0, 0.05) is 42.8 Å². The van der Waals surface area contributed by atoms with Crippen LogP contribution in [0.25, 0.3) is 0 Å². The van der Waals surface area contributed by atoms with E-state index in [2.05, 4.69) is 74.5 Å². The van der Waals surface area contributed by atoms with Crippen molar-refractivity contribution in [1.82, 2.24) is 0 Å². The number of benzene rings is 2. The maximum atomic E-state index is 2.27. The zero-order valence-corrected chi connectivity index (χ0v) is 23.7. The van der Waals surface area contributed by atoms with E-state index in [1.807, 2.05) is 23.5 Å². The van der Waals surface area contributed by atoms with Gasteiger partial charge in [0.25, 0.3) is 0 Å². The van der Waals surface area contributed by atoms with Crippen molar-refractivity contribution in [2.24, 2.45) is 0 Å². The number of hydrogen-bond acceptors (Lipinski definition) is 2. The molecule has 0 heterocycles. The van der Waals surface area contributed by atoms with Gasteiger partial charge in [0.1, 0.15) is 0 Å². The van der Waals surface area contributed by atoms with Gasteiger partial charge in [-0.15, -0.1) is 23.5 Å². The van der Waals surface area contributed by atoms with Crippen molar-refractivity contribution in [2.45, 2.75) is 101 Å². The van der Waals surface area contributed by atoms with Gasteiger partial charge in [-0.2, -0.15) is 0 Å². The SMILES string of the molecule is CCCCCCCCSc1ccccc1.CCCCCCCCSc1ccccc1.[Ni].[Ni]. The molecule has 0 atom stereocenters. The van der Waals surface area contributed by atoms with Gasteiger partial charge in [-0.1, -0.05) is 114 Å². The number of rotatable bonds is 16. The normalized spacial score (nSPS) is 9.81. The fourth-order valence-corrected chi connectivity index (χ4v) is 5.05. The van der Waals surface area contributed by atoms with Crippen LogP contribution in [0.3, 0.4) is 0 Å². The molecule has 0 saturated carbocycles. The molecule has 2 rings (SSSR count). The van der Waals surface area contributed by atoms with E-state index >= 15 is 0 Å². The molecule has 0 fully saturated rings. The molecule has 0 nitrogen and oxygen atoms in total. The molecular weight excluding hydrogens is 518 g/mol. The van der Waals surface area contributed by atoms with Gasteiger partial charge >= 0.3 is 0 Å². The van der Waals surface area contributed by atoms with E-state index in [9.17, 15) is 0 Å². The summed E-state index contributed by atoms with van der Waals surface area (Å²) in [5.41, 5.74) is 0. The predicted molar refractivity (Wildman–Crippen MR) is 141 cm³/mol. The molecule has 0 amide bonds. The first-order valence-corrected chi connectivity index (χ1v) is 14.2. The summed E-state index contributed by atoms with van der Waals surface area (Å²) in [4.78, 5) is 2.82. The third kappa shape index (κ3) is 21.9. The summed E-state index contributed by atoms with van der Waals surface area (Å²) >= 11 is 3.97. The van der Waals surface area contributed by atoms with Crippen LogP contribution in [0.5, 0.6) is 0 Å². The van der Waals surface area contributed by atoms with Crippen molar-refractivity contribution < 1.29 is 33.0 Å². The van der Waals surface area contributed by atoms with Crippen LogP contribution in [0.2, 0.25) is 0 Å². The van der Waals surface area contributed by atoms with Gasteiger partial charge in [0.15, 0.2) is 0 Å². The Labute approximate surface area is 228 Å². The van der Waals surface area contributed by atoms with E-state index in [0.717, 1.165) is 0 Å². The van der Waals surface area contributed by atoms with Crippen molar-refractivity contribution in [1.29, 1.82) is 0 Å². The topological polar surface area (TPSA) is 0 Å². The quantitative estimate of drug-likeness (QED) is 0.114. The van der Waals surface area contributed by atoms with Crippen LogP contribution in [0.15, 0.2) is 70.5 Å². The van der Waals surface area contributed by atoms with Crippen LogP contribution in [0.1, 0.15) is 90.9 Å². The van der Waals surface area contributed by atoms with E-state index < -0.39 is 0 Å². The largest absolute Gasteiger partial charge is 0.126 e. The Hall–Kier alpha value is 0.127. The average Bonchev–Trinajstić information content (AvgIpc) is 2.80. The Bertz CT molecular complexity index is 525. The fourth-order valence-electron chi connectivity index (χ4n) is 3.18. The van der Waals surface area contributed by atoms with Gasteiger partial charge in [0.05, 0.1) is 0 Å². The van der Waals surface area contributed by atoms with Crippen LogP contribution in [0.4, 0.5) is 0 Å². The molecule has 0 N–H and O–H groups in total. The summed E-state index contributed by atoms with van der Waals surface area (Å²) in [5, 5.41) is 0. The molecule has 0 aliphatic heterocycles. The Morgan fingerprint density at radius 1 is 0.438 bits per heavy atom. The van der Waals surface area contributed by atoms with Gasteiger partial charge in [-0.3, -0.25) is 0 Å². The first kappa shape index (κ1) is 34.3.